The van der Waals surface area contributed by atoms with Gasteiger partial charge in [0.15, 0.2) is 0 Å². The van der Waals surface area contributed by atoms with Gasteiger partial charge in [0.05, 0.1) is 184 Å². The first-order chi connectivity index (χ1) is 48.5. The van der Waals surface area contributed by atoms with Crippen molar-refractivity contribution in [3.63, 3.8) is 0 Å². The smallest absolute Gasteiger partial charge is 0.306 e. The molecule has 0 aromatic carbocycles. The van der Waals surface area contributed by atoms with Crippen LogP contribution in [0.4, 0.5) is 0 Å². The number of nitrogens with two attached hydrogens (primary N) is 2. The number of hydrogen-bond acceptors (Lipinski definition) is 23. The van der Waals surface area contributed by atoms with E-state index in [4.69, 9.17) is 77.8 Å². The molecular weight excluding hydrogens is 1300 g/mol. The summed E-state index contributed by atoms with van der Waals surface area (Å²) in [6.07, 6.45) is 33.4. The van der Waals surface area contributed by atoms with Gasteiger partial charge in [0.1, 0.15) is 12.1 Å². The zero-order valence-corrected chi connectivity index (χ0v) is 62.4. The normalized spacial score (nSPS) is 12.4. The summed E-state index contributed by atoms with van der Waals surface area (Å²) in [4.78, 5) is 73.5. The molecule has 0 aliphatic carbocycles. The fraction of sp³-hybridized carbons (Fsp3) is 0.917. The molecule has 99 heavy (non-hydrogen) atoms. The molecular formula is C72H139N5O21S. The lowest BCUT2D eigenvalue weighted by atomic mass is 10.0. The van der Waals surface area contributed by atoms with Crippen LogP contribution in [0.1, 0.15) is 213 Å². The second kappa shape index (κ2) is 78.7. The fourth-order valence-corrected chi connectivity index (χ4v) is 10.8. The Balaban J connectivity index is 4.06. The molecule has 0 unspecified atom stereocenters. The van der Waals surface area contributed by atoms with Gasteiger partial charge in [0.25, 0.3) is 0 Å². The Kier molecular flexibility index (Phi) is 76.0. The topological polar surface area (TPSA) is 340 Å². The van der Waals surface area contributed by atoms with Crippen LogP contribution in [0.5, 0.6) is 0 Å². The molecule has 0 aromatic heterocycles. The van der Waals surface area contributed by atoms with E-state index in [1.54, 1.807) is 0 Å². The SMILES string of the molecule is CCCCCCCCCCCCCCCC(=O)OCCC[C@H](CSC[C@H](N)C(=O)N[C@@H](CO)C(=O)NCCOCCOCCOCCOCCOCCOCCOCCOCCOCCOCCOCCOCCC(=O)NCC(N)=O)OC(=O)CCCCCCCCCCCCCCC. The summed E-state index contributed by atoms with van der Waals surface area (Å²) in [6, 6.07) is -2.20. The van der Waals surface area contributed by atoms with Crippen molar-refractivity contribution in [1.82, 2.24) is 16.0 Å². The van der Waals surface area contributed by atoms with E-state index in [2.05, 4.69) is 29.8 Å². The van der Waals surface area contributed by atoms with E-state index in [1.165, 1.54) is 140 Å². The van der Waals surface area contributed by atoms with Crippen molar-refractivity contribution < 1.29 is 100 Å². The van der Waals surface area contributed by atoms with Crippen molar-refractivity contribution in [2.75, 3.05) is 196 Å². The standard InChI is InChI=1S/C72H139N5O21S/c1-3-5-7-9-11-13-15-17-19-21-23-25-27-31-69(81)97-35-29-30-64(98-70(82)32-28-26-24-22-20-18-16-14-12-10-8-6-4-2)62-99-63-65(73)71(83)77-66(61-78)72(84)75-34-37-86-39-41-88-43-45-90-47-49-92-51-53-94-55-57-96-59-58-95-56-54-93-52-50-91-48-46-89-44-42-87-40-38-85-36-33-68(80)76-60-67(74)79/h64-66,78H,3-63,73H2,1-2H3,(H2,74,79)(H,75,84)(H,76,80)(H,77,83)/t64-,65+,66+/m1/s1. The van der Waals surface area contributed by atoms with E-state index < -0.39 is 42.5 Å². The fourth-order valence-electron chi connectivity index (χ4n) is 9.77. The third-order valence-corrected chi connectivity index (χ3v) is 16.7. The van der Waals surface area contributed by atoms with E-state index in [1.807, 2.05) is 0 Å². The first-order valence-corrected chi connectivity index (χ1v) is 39.0. The van der Waals surface area contributed by atoms with Gasteiger partial charge in [-0.2, -0.15) is 11.8 Å². The molecule has 0 aromatic rings. The van der Waals surface area contributed by atoms with Crippen molar-refractivity contribution in [3.05, 3.63) is 0 Å². The van der Waals surface area contributed by atoms with Gasteiger partial charge in [-0.15, -0.1) is 0 Å². The van der Waals surface area contributed by atoms with Crippen LogP contribution in [0, 0.1) is 0 Å². The molecule has 8 N–H and O–H groups in total. The average molecular weight is 1440 g/mol. The molecule has 27 heteroatoms. The Morgan fingerprint density at radius 1 is 0.374 bits per heavy atom. The lowest BCUT2D eigenvalue weighted by Crippen LogP contribution is -2.54. The number of rotatable bonds is 82. The largest absolute Gasteiger partial charge is 0.466 e. The molecule has 584 valence electrons. The monoisotopic (exact) mass is 1440 g/mol. The van der Waals surface area contributed by atoms with Crippen molar-refractivity contribution in [2.45, 2.75) is 231 Å². The predicted molar refractivity (Wildman–Crippen MR) is 385 cm³/mol. The summed E-state index contributed by atoms with van der Waals surface area (Å²) in [5.74, 6) is -1.95. The number of nitrogens with one attached hydrogen (secondary N) is 3. The zero-order chi connectivity index (χ0) is 72.1. The molecule has 0 bridgehead atoms. The van der Waals surface area contributed by atoms with Crippen LogP contribution < -0.4 is 27.4 Å². The molecule has 0 aliphatic heterocycles. The number of ether oxygens (including phenoxy) is 14. The summed E-state index contributed by atoms with van der Waals surface area (Å²) in [5.41, 5.74) is 11.2. The van der Waals surface area contributed by atoms with Crippen molar-refractivity contribution in [2.24, 2.45) is 11.5 Å². The third-order valence-electron chi connectivity index (χ3n) is 15.5. The van der Waals surface area contributed by atoms with Crippen molar-refractivity contribution in [1.29, 1.82) is 0 Å². The summed E-state index contributed by atoms with van der Waals surface area (Å²) in [5, 5.41) is 17.5. The van der Waals surface area contributed by atoms with Gasteiger partial charge in [-0.3, -0.25) is 28.8 Å². The van der Waals surface area contributed by atoms with E-state index >= 15 is 0 Å². The molecule has 0 fully saturated rings. The van der Waals surface area contributed by atoms with Gasteiger partial charge in [0.2, 0.25) is 23.6 Å². The van der Waals surface area contributed by atoms with E-state index in [-0.39, 0.29) is 62.9 Å². The molecule has 26 nitrogen and oxygen atoms in total. The Labute approximate surface area is 599 Å². The van der Waals surface area contributed by atoms with Crippen LogP contribution in [-0.4, -0.2) is 255 Å². The molecule has 4 amide bonds. The van der Waals surface area contributed by atoms with Crippen LogP contribution in [0.2, 0.25) is 0 Å². The summed E-state index contributed by atoms with van der Waals surface area (Å²) in [6.45, 7) is 13.6. The number of esters is 2. The van der Waals surface area contributed by atoms with Crippen molar-refractivity contribution in [3.8, 4) is 0 Å². The minimum atomic E-state index is -1.21. The number of carbonyl (C=O) groups is 6. The van der Waals surface area contributed by atoms with Crippen LogP contribution in [0.25, 0.3) is 0 Å². The number of amides is 4. The summed E-state index contributed by atoms with van der Waals surface area (Å²) in [7, 11) is 0. The van der Waals surface area contributed by atoms with Crippen LogP contribution in [0.15, 0.2) is 0 Å². The highest BCUT2D eigenvalue weighted by Gasteiger charge is 2.24. The average Bonchev–Trinajstić information content (AvgIpc) is 1.14. The molecule has 3 atom stereocenters. The van der Waals surface area contributed by atoms with Crippen LogP contribution >= 0.6 is 11.8 Å². The van der Waals surface area contributed by atoms with E-state index in [9.17, 15) is 33.9 Å². The number of aliphatic hydroxyl groups is 1. The van der Waals surface area contributed by atoms with Gasteiger partial charge < -0.3 is 98.8 Å². The van der Waals surface area contributed by atoms with Crippen LogP contribution in [-0.2, 0) is 95.1 Å². The highest BCUT2D eigenvalue weighted by molar-refractivity contribution is 7.99. The van der Waals surface area contributed by atoms with Gasteiger partial charge in [-0.1, -0.05) is 168 Å². The van der Waals surface area contributed by atoms with E-state index in [0.29, 0.717) is 177 Å². The maximum atomic E-state index is 13.1. The van der Waals surface area contributed by atoms with Gasteiger partial charge in [-0.25, -0.2) is 0 Å². The maximum Gasteiger partial charge on any atom is 0.306 e. The summed E-state index contributed by atoms with van der Waals surface area (Å²) >= 11 is 1.37. The highest BCUT2D eigenvalue weighted by atomic mass is 32.2. The molecule has 0 heterocycles. The number of hydrogen-bond donors (Lipinski definition) is 6. The number of carbonyl (C=O) groups excluding carboxylic acids is 6. The maximum absolute atomic E-state index is 13.1. The minimum Gasteiger partial charge on any atom is -0.466 e. The first kappa shape index (κ1) is 95.6. The lowest BCUT2D eigenvalue weighted by molar-refractivity contribution is -0.149. The molecule has 0 aliphatic rings. The Morgan fingerprint density at radius 3 is 1.06 bits per heavy atom. The summed E-state index contributed by atoms with van der Waals surface area (Å²) < 4.78 is 77.4. The number of primary amides is 1. The van der Waals surface area contributed by atoms with Crippen LogP contribution in [0.3, 0.4) is 0 Å². The molecule has 0 saturated heterocycles. The lowest BCUT2D eigenvalue weighted by Gasteiger charge is -2.20. The highest BCUT2D eigenvalue weighted by Crippen LogP contribution is 2.18. The minimum absolute atomic E-state index is 0.142. The second-order valence-electron chi connectivity index (χ2n) is 24.5. The first-order valence-electron chi connectivity index (χ1n) is 37.9. The van der Waals surface area contributed by atoms with Gasteiger partial charge >= 0.3 is 11.9 Å². The number of aliphatic hydroxyl groups excluding tert-OH is 1. The molecule has 0 saturated carbocycles. The number of thioether (sulfide) groups is 1. The third kappa shape index (κ3) is 74.1. The second-order valence-corrected chi connectivity index (χ2v) is 25.6. The van der Waals surface area contributed by atoms with E-state index in [0.717, 1.165) is 38.5 Å². The number of unbranched alkanes of at least 4 members (excludes halogenated alkanes) is 24. The van der Waals surface area contributed by atoms with Gasteiger partial charge in [0, 0.05) is 37.3 Å². The zero-order valence-electron chi connectivity index (χ0n) is 61.5. The Morgan fingerprint density at radius 2 is 0.707 bits per heavy atom. The quantitative estimate of drug-likeness (QED) is 0.0248. The van der Waals surface area contributed by atoms with Gasteiger partial charge in [-0.05, 0) is 25.7 Å². The Hall–Kier alpha value is -3.39. The molecule has 0 rings (SSSR count). The Bertz CT molecular complexity index is 1810. The molecule has 0 spiro atoms. The molecule has 0 radical (unpaired) electrons. The predicted octanol–water partition coefficient (Wildman–Crippen LogP) is 8.03. The van der Waals surface area contributed by atoms with Crippen molar-refractivity contribution >= 4 is 47.3 Å².